The summed E-state index contributed by atoms with van der Waals surface area (Å²) in [6, 6.07) is 12.3. The van der Waals surface area contributed by atoms with Gasteiger partial charge in [0, 0.05) is 38.4 Å². The number of pyridine rings is 1. The van der Waals surface area contributed by atoms with Gasteiger partial charge in [-0.3, -0.25) is 9.78 Å². The maximum Gasteiger partial charge on any atom is 0.225 e. The lowest BCUT2D eigenvalue weighted by atomic mass is 10.1. The molecule has 1 amide bonds. The summed E-state index contributed by atoms with van der Waals surface area (Å²) in [6.07, 6.45) is 4.17. The van der Waals surface area contributed by atoms with E-state index in [2.05, 4.69) is 39.2 Å². The van der Waals surface area contributed by atoms with E-state index in [9.17, 15) is 4.79 Å². The van der Waals surface area contributed by atoms with Gasteiger partial charge in [-0.2, -0.15) is 0 Å². The molecule has 0 unspecified atom stereocenters. The van der Waals surface area contributed by atoms with Crippen LogP contribution in [-0.4, -0.2) is 21.9 Å². The Morgan fingerprint density at radius 1 is 1.18 bits per heavy atom. The summed E-state index contributed by atoms with van der Waals surface area (Å²) in [6.45, 7) is 6.09. The maximum absolute atomic E-state index is 12.4. The van der Waals surface area contributed by atoms with Crippen LogP contribution in [0.15, 0.2) is 47.1 Å². The molecule has 3 aromatic rings. The molecule has 0 radical (unpaired) electrons. The maximum atomic E-state index is 12.4. The van der Waals surface area contributed by atoms with Crippen molar-refractivity contribution in [2.75, 3.05) is 0 Å². The van der Waals surface area contributed by atoms with Gasteiger partial charge in [-0.05, 0) is 44.5 Å². The highest BCUT2D eigenvalue weighted by Gasteiger charge is 2.18. The number of benzene rings is 1. The van der Waals surface area contributed by atoms with Crippen molar-refractivity contribution in [1.29, 1.82) is 0 Å². The zero-order valence-corrected chi connectivity index (χ0v) is 18.7. The summed E-state index contributed by atoms with van der Waals surface area (Å²) < 4.78 is 1.02. The minimum absolute atomic E-state index is 0.0185. The molecule has 0 fully saturated rings. The van der Waals surface area contributed by atoms with Crippen LogP contribution in [0, 0.1) is 0 Å². The van der Waals surface area contributed by atoms with Crippen molar-refractivity contribution in [3.8, 4) is 21.8 Å². The monoisotopic (exact) mass is 457 g/mol. The number of aryl methyl sites for hydroxylation is 1. The molecular weight excluding hydrogens is 434 g/mol. The van der Waals surface area contributed by atoms with Gasteiger partial charge in [-0.15, -0.1) is 11.3 Å². The first kappa shape index (κ1) is 20.7. The van der Waals surface area contributed by atoms with Crippen LogP contribution < -0.4 is 5.32 Å². The van der Waals surface area contributed by atoms with Crippen LogP contribution in [0.2, 0.25) is 0 Å². The standard InChI is InChI=1S/C22H24BrN3OS/c1-4-5-18-12-16(10-11-24-18)22-26-21(15-6-8-17(23)9-7-15)19(28-22)13-20(27)25-14(2)3/h6-12,14H,4-5,13H2,1-3H3,(H,25,27). The zero-order valence-electron chi connectivity index (χ0n) is 16.3. The van der Waals surface area contributed by atoms with Crippen molar-refractivity contribution in [3.05, 3.63) is 57.6 Å². The van der Waals surface area contributed by atoms with E-state index in [0.717, 1.165) is 49.7 Å². The van der Waals surface area contributed by atoms with E-state index in [1.165, 1.54) is 0 Å². The fourth-order valence-corrected chi connectivity index (χ4v) is 4.29. The highest BCUT2D eigenvalue weighted by molar-refractivity contribution is 9.10. The number of hydrogen-bond donors (Lipinski definition) is 1. The van der Waals surface area contributed by atoms with Crippen LogP contribution in [-0.2, 0) is 17.6 Å². The van der Waals surface area contributed by atoms with Gasteiger partial charge in [-0.25, -0.2) is 4.98 Å². The van der Waals surface area contributed by atoms with Crippen LogP contribution >= 0.6 is 27.3 Å². The summed E-state index contributed by atoms with van der Waals surface area (Å²) >= 11 is 5.06. The fourth-order valence-electron chi connectivity index (χ4n) is 2.95. The molecule has 0 saturated heterocycles. The van der Waals surface area contributed by atoms with Crippen LogP contribution in [0.3, 0.4) is 0 Å². The van der Waals surface area contributed by atoms with Crippen LogP contribution in [0.25, 0.3) is 21.8 Å². The molecule has 28 heavy (non-hydrogen) atoms. The summed E-state index contributed by atoms with van der Waals surface area (Å²) in [7, 11) is 0. The van der Waals surface area contributed by atoms with E-state index < -0.39 is 0 Å². The topological polar surface area (TPSA) is 54.9 Å². The molecule has 0 aliphatic heterocycles. The molecule has 0 atom stereocenters. The van der Waals surface area contributed by atoms with Crippen molar-refractivity contribution < 1.29 is 4.79 Å². The number of nitrogens with zero attached hydrogens (tertiary/aromatic N) is 2. The largest absolute Gasteiger partial charge is 0.354 e. The van der Waals surface area contributed by atoms with Crippen molar-refractivity contribution in [3.63, 3.8) is 0 Å². The summed E-state index contributed by atoms with van der Waals surface area (Å²) in [5.41, 5.74) is 4.01. The number of rotatable bonds is 7. The smallest absolute Gasteiger partial charge is 0.225 e. The Bertz CT molecular complexity index is 951. The Morgan fingerprint density at radius 3 is 2.61 bits per heavy atom. The van der Waals surface area contributed by atoms with Gasteiger partial charge in [0.05, 0.1) is 12.1 Å². The van der Waals surface area contributed by atoms with E-state index in [1.54, 1.807) is 11.3 Å². The zero-order chi connectivity index (χ0) is 20.1. The van der Waals surface area contributed by atoms with E-state index in [0.29, 0.717) is 6.42 Å². The predicted molar refractivity (Wildman–Crippen MR) is 119 cm³/mol. The van der Waals surface area contributed by atoms with Crippen molar-refractivity contribution >= 4 is 33.2 Å². The number of hydrogen-bond acceptors (Lipinski definition) is 4. The first-order valence-corrected chi connectivity index (χ1v) is 11.1. The molecule has 3 rings (SSSR count). The number of aromatic nitrogens is 2. The number of carbonyl (C=O) groups excluding carboxylic acids is 1. The minimum Gasteiger partial charge on any atom is -0.354 e. The molecule has 4 nitrogen and oxygen atoms in total. The fraction of sp³-hybridized carbons (Fsp3) is 0.318. The van der Waals surface area contributed by atoms with Gasteiger partial charge < -0.3 is 5.32 Å². The average molecular weight is 458 g/mol. The van der Waals surface area contributed by atoms with Gasteiger partial charge in [0.1, 0.15) is 5.01 Å². The number of thiazole rings is 1. The molecule has 2 aromatic heterocycles. The first-order chi connectivity index (χ1) is 13.5. The number of amides is 1. The number of nitrogens with one attached hydrogen (secondary N) is 1. The summed E-state index contributed by atoms with van der Waals surface area (Å²) in [5, 5.41) is 3.90. The van der Waals surface area contributed by atoms with Crippen LogP contribution in [0.1, 0.15) is 37.8 Å². The van der Waals surface area contributed by atoms with E-state index in [1.807, 2.05) is 50.4 Å². The van der Waals surface area contributed by atoms with E-state index in [-0.39, 0.29) is 11.9 Å². The van der Waals surface area contributed by atoms with Gasteiger partial charge in [0.25, 0.3) is 0 Å². The van der Waals surface area contributed by atoms with Crippen LogP contribution in [0.4, 0.5) is 0 Å². The third kappa shape index (κ3) is 5.26. The van der Waals surface area contributed by atoms with Crippen LogP contribution in [0.5, 0.6) is 0 Å². The van der Waals surface area contributed by atoms with E-state index in [4.69, 9.17) is 4.98 Å². The molecule has 0 aliphatic carbocycles. The normalized spacial score (nSPS) is 11.0. The van der Waals surface area contributed by atoms with Crippen molar-refractivity contribution in [1.82, 2.24) is 15.3 Å². The van der Waals surface area contributed by atoms with Gasteiger partial charge in [0.15, 0.2) is 0 Å². The van der Waals surface area contributed by atoms with Gasteiger partial charge in [0.2, 0.25) is 5.91 Å². The Balaban J connectivity index is 2.00. The molecular formula is C22H24BrN3OS. The molecule has 0 spiro atoms. The van der Waals surface area contributed by atoms with Crippen molar-refractivity contribution in [2.24, 2.45) is 0 Å². The first-order valence-electron chi connectivity index (χ1n) is 9.46. The molecule has 0 aliphatic rings. The minimum atomic E-state index is 0.0185. The lowest BCUT2D eigenvalue weighted by Crippen LogP contribution is -2.31. The quantitative estimate of drug-likeness (QED) is 0.498. The second kappa shape index (κ2) is 9.43. The highest BCUT2D eigenvalue weighted by Crippen LogP contribution is 2.35. The molecule has 0 saturated carbocycles. The number of carbonyl (C=O) groups is 1. The molecule has 146 valence electrons. The summed E-state index contributed by atoms with van der Waals surface area (Å²) in [4.78, 5) is 22.7. The third-order valence-electron chi connectivity index (χ3n) is 4.16. The lowest BCUT2D eigenvalue weighted by Gasteiger charge is -2.08. The van der Waals surface area contributed by atoms with E-state index >= 15 is 0 Å². The second-order valence-corrected chi connectivity index (χ2v) is 8.98. The van der Waals surface area contributed by atoms with Crippen molar-refractivity contribution in [2.45, 2.75) is 46.1 Å². The predicted octanol–water partition coefficient (Wildman–Crippen LogP) is 5.65. The Morgan fingerprint density at radius 2 is 1.93 bits per heavy atom. The van der Waals surface area contributed by atoms with Gasteiger partial charge in [-0.1, -0.05) is 41.4 Å². The van der Waals surface area contributed by atoms with Gasteiger partial charge >= 0.3 is 0 Å². The average Bonchev–Trinajstić information content (AvgIpc) is 3.06. The third-order valence-corrected chi connectivity index (χ3v) is 5.79. The Kier molecular flexibility index (Phi) is 6.97. The molecule has 6 heteroatoms. The molecule has 1 aromatic carbocycles. The lowest BCUT2D eigenvalue weighted by molar-refractivity contribution is -0.120. The Hall–Kier alpha value is -2.05. The summed E-state index contributed by atoms with van der Waals surface area (Å²) in [5.74, 6) is 0.0185. The Labute approximate surface area is 178 Å². The number of halogens is 1. The molecule has 2 heterocycles. The molecule has 1 N–H and O–H groups in total. The molecule has 0 bridgehead atoms. The second-order valence-electron chi connectivity index (χ2n) is 6.98. The highest BCUT2D eigenvalue weighted by atomic mass is 79.9. The SMILES string of the molecule is CCCc1cc(-c2nc(-c3ccc(Br)cc3)c(CC(=O)NC(C)C)s2)ccn1.